The molecule has 1 N–H and O–H groups in total. The average Bonchev–Trinajstić information content (AvgIpc) is 2.55. The maximum absolute atomic E-state index is 12.4. The number of aromatic nitrogens is 1. The van der Waals surface area contributed by atoms with E-state index in [1.165, 1.54) is 11.1 Å². The number of para-hydroxylation sites is 1. The van der Waals surface area contributed by atoms with Crippen LogP contribution in [0.3, 0.4) is 0 Å². The molecule has 0 aliphatic rings. The first kappa shape index (κ1) is 16.2. The van der Waals surface area contributed by atoms with Crippen LogP contribution in [0.1, 0.15) is 24.5 Å². The van der Waals surface area contributed by atoms with E-state index in [0.717, 1.165) is 23.0 Å². The molecule has 3 aromatic rings. The van der Waals surface area contributed by atoms with Crippen LogP contribution in [0, 0.1) is 12.8 Å². The molecule has 3 heteroatoms. The summed E-state index contributed by atoms with van der Waals surface area (Å²) in [7, 11) is 0. The van der Waals surface area contributed by atoms with Gasteiger partial charge in [-0.05, 0) is 37.0 Å². The number of benzene rings is 2. The first-order valence-corrected chi connectivity index (χ1v) is 8.31. The van der Waals surface area contributed by atoms with Crippen molar-refractivity contribution in [2.45, 2.75) is 26.7 Å². The van der Waals surface area contributed by atoms with Gasteiger partial charge in [0.25, 0.3) is 0 Å². The molecule has 1 aromatic heterocycles. The minimum atomic E-state index is 0.0355. The Kier molecular flexibility index (Phi) is 4.90. The summed E-state index contributed by atoms with van der Waals surface area (Å²) < 4.78 is 0. The molecule has 0 radical (unpaired) electrons. The van der Waals surface area contributed by atoms with E-state index in [1.807, 2.05) is 30.3 Å². The molecular formula is C21H22N2O. The summed E-state index contributed by atoms with van der Waals surface area (Å²) in [6.07, 6.45) is 3.15. The van der Waals surface area contributed by atoms with Gasteiger partial charge in [0.1, 0.15) is 0 Å². The highest BCUT2D eigenvalue weighted by molar-refractivity contribution is 6.00. The second kappa shape index (κ2) is 7.26. The van der Waals surface area contributed by atoms with E-state index in [0.29, 0.717) is 6.42 Å². The van der Waals surface area contributed by atoms with Crippen molar-refractivity contribution in [1.29, 1.82) is 0 Å². The zero-order valence-electron chi connectivity index (χ0n) is 14.1. The van der Waals surface area contributed by atoms with E-state index in [2.05, 4.69) is 48.4 Å². The lowest BCUT2D eigenvalue weighted by Gasteiger charge is -2.13. The Bertz CT molecular complexity index is 852. The summed E-state index contributed by atoms with van der Waals surface area (Å²) in [6, 6.07) is 18.2. The maximum Gasteiger partial charge on any atom is 0.224 e. The van der Waals surface area contributed by atoms with Crippen molar-refractivity contribution in [2.24, 2.45) is 5.92 Å². The third-order valence-electron chi connectivity index (χ3n) is 4.11. The van der Waals surface area contributed by atoms with Gasteiger partial charge in [0.2, 0.25) is 5.91 Å². The molecule has 2 aromatic carbocycles. The Morgan fingerprint density at radius 1 is 1.12 bits per heavy atom. The number of hydrogen-bond acceptors (Lipinski definition) is 2. The molecule has 0 fully saturated rings. The summed E-state index contributed by atoms with van der Waals surface area (Å²) in [5.74, 6) is 0.322. The van der Waals surface area contributed by atoms with Crippen molar-refractivity contribution in [3.05, 3.63) is 71.9 Å². The van der Waals surface area contributed by atoms with Gasteiger partial charge in [-0.2, -0.15) is 0 Å². The standard InChI is InChI=1S/C21H22N2O/c1-15-6-3-7-17(12-15)13-16(2)14-20(24)23-19-10-4-8-18-9-5-11-22-21(18)19/h3-12,16H,13-14H2,1-2H3,(H,23,24). The smallest absolute Gasteiger partial charge is 0.224 e. The van der Waals surface area contributed by atoms with Gasteiger partial charge < -0.3 is 5.32 Å². The molecule has 3 nitrogen and oxygen atoms in total. The monoisotopic (exact) mass is 318 g/mol. The highest BCUT2D eigenvalue weighted by Gasteiger charge is 2.12. The van der Waals surface area contributed by atoms with Crippen LogP contribution in [0.2, 0.25) is 0 Å². The molecule has 1 heterocycles. The number of anilines is 1. The minimum Gasteiger partial charge on any atom is -0.324 e. The molecule has 0 bridgehead atoms. The highest BCUT2D eigenvalue weighted by Crippen LogP contribution is 2.21. The molecule has 0 saturated heterocycles. The third kappa shape index (κ3) is 3.99. The van der Waals surface area contributed by atoms with Crippen molar-refractivity contribution in [2.75, 3.05) is 5.32 Å². The Hall–Kier alpha value is -2.68. The zero-order chi connectivity index (χ0) is 16.9. The molecule has 0 spiro atoms. The number of pyridine rings is 1. The number of hydrogen-bond donors (Lipinski definition) is 1. The van der Waals surface area contributed by atoms with Crippen molar-refractivity contribution in [3.63, 3.8) is 0 Å². The first-order valence-electron chi connectivity index (χ1n) is 8.31. The number of nitrogens with zero attached hydrogens (tertiary/aromatic N) is 1. The Morgan fingerprint density at radius 2 is 1.92 bits per heavy atom. The number of aryl methyl sites for hydroxylation is 1. The van der Waals surface area contributed by atoms with Gasteiger partial charge in [-0.25, -0.2) is 0 Å². The fourth-order valence-corrected chi connectivity index (χ4v) is 3.04. The van der Waals surface area contributed by atoms with E-state index in [9.17, 15) is 4.79 Å². The fraction of sp³-hybridized carbons (Fsp3) is 0.238. The Labute approximate surface area is 142 Å². The summed E-state index contributed by atoms with van der Waals surface area (Å²) in [5.41, 5.74) is 4.15. The van der Waals surface area contributed by atoms with E-state index in [1.54, 1.807) is 6.20 Å². The van der Waals surface area contributed by atoms with Crippen LogP contribution in [0.4, 0.5) is 5.69 Å². The molecule has 3 rings (SSSR count). The van der Waals surface area contributed by atoms with Crippen LogP contribution in [0.25, 0.3) is 10.9 Å². The predicted octanol–water partition coefficient (Wildman–Crippen LogP) is 4.75. The molecule has 0 aliphatic heterocycles. The largest absolute Gasteiger partial charge is 0.324 e. The first-order chi connectivity index (χ1) is 11.6. The second-order valence-electron chi connectivity index (χ2n) is 6.43. The van der Waals surface area contributed by atoms with Crippen molar-refractivity contribution < 1.29 is 4.79 Å². The normalized spacial score (nSPS) is 12.1. The number of carbonyl (C=O) groups excluding carboxylic acids is 1. The molecule has 24 heavy (non-hydrogen) atoms. The van der Waals surface area contributed by atoms with Gasteiger partial charge in [0, 0.05) is 18.0 Å². The van der Waals surface area contributed by atoms with Crippen LogP contribution >= 0.6 is 0 Å². The van der Waals surface area contributed by atoms with Crippen LogP contribution in [0.15, 0.2) is 60.8 Å². The van der Waals surface area contributed by atoms with Gasteiger partial charge in [0.15, 0.2) is 0 Å². The quantitative estimate of drug-likeness (QED) is 0.737. The molecule has 1 atom stereocenters. The number of rotatable bonds is 5. The van der Waals surface area contributed by atoms with Crippen molar-refractivity contribution >= 4 is 22.5 Å². The zero-order valence-corrected chi connectivity index (χ0v) is 14.1. The van der Waals surface area contributed by atoms with Crippen LogP contribution < -0.4 is 5.32 Å². The highest BCUT2D eigenvalue weighted by atomic mass is 16.1. The third-order valence-corrected chi connectivity index (χ3v) is 4.11. The number of carbonyl (C=O) groups is 1. The average molecular weight is 318 g/mol. The van der Waals surface area contributed by atoms with Gasteiger partial charge in [-0.15, -0.1) is 0 Å². The van der Waals surface area contributed by atoms with Crippen molar-refractivity contribution in [3.8, 4) is 0 Å². The van der Waals surface area contributed by atoms with Crippen molar-refractivity contribution in [1.82, 2.24) is 4.98 Å². The Balaban J connectivity index is 1.64. The molecule has 122 valence electrons. The predicted molar refractivity (Wildman–Crippen MR) is 99.0 cm³/mol. The topological polar surface area (TPSA) is 42.0 Å². The van der Waals surface area contributed by atoms with Gasteiger partial charge in [-0.1, -0.05) is 55.0 Å². The summed E-state index contributed by atoms with van der Waals surface area (Å²) in [6.45, 7) is 4.21. The molecule has 1 unspecified atom stereocenters. The lowest BCUT2D eigenvalue weighted by Crippen LogP contribution is -2.16. The fourth-order valence-electron chi connectivity index (χ4n) is 3.04. The van der Waals surface area contributed by atoms with E-state index in [4.69, 9.17) is 0 Å². The van der Waals surface area contributed by atoms with E-state index in [-0.39, 0.29) is 11.8 Å². The molecule has 1 amide bonds. The maximum atomic E-state index is 12.4. The van der Waals surface area contributed by atoms with Crippen LogP contribution in [-0.4, -0.2) is 10.9 Å². The number of nitrogens with one attached hydrogen (secondary N) is 1. The summed E-state index contributed by atoms with van der Waals surface area (Å²) in [5, 5.41) is 4.04. The number of fused-ring (bicyclic) bond motifs is 1. The second-order valence-corrected chi connectivity index (χ2v) is 6.43. The lowest BCUT2D eigenvalue weighted by atomic mass is 9.97. The van der Waals surface area contributed by atoms with Gasteiger partial charge in [-0.3, -0.25) is 9.78 Å². The van der Waals surface area contributed by atoms with Gasteiger partial charge >= 0.3 is 0 Å². The SMILES string of the molecule is Cc1cccc(CC(C)CC(=O)Nc2cccc3cccnc23)c1. The molecule has 0 aliphatic carbocycles. The van der Waals surface area contributed by atoms with Crippen LogP contribution in [0.5, 0.6) is 0 Å². The molecule has 0 saturated carbocycles. The molecular weight excluding hydrogens is 296 g/mol. The minimum absolute atomic E-state index is 0.0355. The lowest BCUT2D eigenvalue weighted by molar-refractivity contribution is -0.116. The van der Waals surface area contributed by atoms with E-state index < -0.39 is 0 Å². The number of amides is 1. The Morgan fingerprint density at radius 3 is 2.75 bits per heavy atom. The van der Waals surface area contributed by atoms with Gasteiger partial charge in [0.05, 0.1) is 11.2 Å². The summed E-state index contributed by atoms with van der Waals surface area (Å²) >= 11 is 0. The van der Waals surface area contributed by atoms with E-state index >= 15 is 0 Å². The van der Waals surface area contributed by atoms with Crippen LogP contribution in [-0.2, 0) is 11.2 Å². The summed E-state index contributed by atoms with van der Waals surface area (Å²) in [4.78, 5) is 16.8.